The van der Waals surface area contributed by atoms with Crippen molar-refractivity contribution in [2.24, 2.45) is 11.1 Å². The van der Waals surface area contributed by atoms with Crippen LogP contribution in [0.2, 0.25) is 0 Å². The van der Waals surface area contributed by atoms with Crippen LogP contribution >= 0.6 is 0 Å². The number of carbonyl (C=O) groups is 1. The summed E-state index contributed by atoms with van der Waals surface area (Å²) in [5, 5.41) is 0. The van der Waals surface area contributed by atoms with Crippen LogP contribution in [0.5, 0.6) is 0 Å². The maximum Gasteiger partial charge on any atom is 0.315 e. The lowest BCUT2D eigenvalue weighted by Gasteiger charge is -2.47. The molecule has 4 aliphatic rings. The Hall–Kier alpha value is -0.650. The minimum absolute atomic E-state index is 0.117. The zero-order valence-corrected chi connectivity index (χ0v) is 12.7. The van der Waals surface area contributed by atoms with Crippen LogP contribution in [0.1, 0.15) is 46.5 Å². The first-order valence-electron chi connectivity index (χ1n) is 7.48. The lowest BCUT2D eigenvalue weighted by atomic mass is 9.54. The first kappa shape index (κ1) is 14.3. The van der Waals surface area contributed by atoms with Crippen molar-refractivity contribution >= 4 is 5.97 Å². The Morgan fingerprint density at radius 2 is 1.85 bits per heavy atom. The minimum atomic E-state index is -0.510. The van der Waals surface area contributed by atoms with Gasteiger partial charge in [0.2, 0.25) is 0 Å². The van der Waals surface area contributed by atoms with E-state index in [9.17, 15) is 4.79 Å². The Morgan fingerprint density at radius 1 is 1.25 bits per heavy atom. The third kappa shape index (κ3) is 1.83. The third-order valence-corrected chi connectivity index (χ3v) is 4.99. The molecular weight excluding hydrogens is 258 g/mol. The van der Waals surface area contributed by atoms with E-state index in [1.807, 2.05) is 20.8 Å². The van der Waals surface area contributed by atoms with E-state index in [2.05, 4.69) is 0 Å². The number of rotatable bonds is 2. The molecule has 3 heterocycles. The average Bonchev–Trinajstić information content (AvgIpc) is 2.72. The summed E-state index contributed by atoms with van der Waals surface area (Å²) in [4.78, 5) is 12.8. The van der Waals surface area contributed by atoms with E-state index in [1.165, 1.54) is 0 Å². The van der Waals surface area contributed by atoms with E-state index in [0.717, 1.165) is 12.8 Å². The zero-order valence-electron chi connectivity index (χ0n) is 12.7. The normalized spacial score (nSPS) is 38.6. The van der Waals surface area contributed by atoms with Crippen molar-refractivity contribution in [1.82, 2.24) is 0 Å². The molecule has 0 atom stereocenters. The fraction of sp³-hybridized carbons (Fsp3) is 0.933. The second-order valence-corrected chi connectivity index (χ2v) is 7.53. The summed E-state index contributed by atoms with van der Waals surface area (Å²) >= 11 is 0. The number of carbonyl (C=O) groups excluding carboxylic acids is 1. The molecule has 2 bridgehead atoms. The largest absolute Gasteiger partial charge is 0.459 e. The van der Waals surface area contributed by atoms with Gasteiger partial charge >= 0.3 is 5.97 Å². The summed E-state index contributed by atoms with van der Waals surface area (Å²) < 4.78 is 17.5. The van der Waals surface area contributed by atoms with Crippen LogP contribution < -0.4 is 5.73 Å². The van der Waals surface area contributed by atoms with Crippen LogP contribution in [-0.4, -0.2) is 42.5 Å². The fourth-order valence-electron chi connectivity index (χ4n) is 4.13. The number of esters is 1. The van der Waals surface area contributed by atoms with E-state index in [4.69, 9.17) is 19.9 Å². The molecule has 0 unspecified atom stereocenters. The van der Waals surface area contributed by atoms with Gasteiger partial charge < -0.3 is 19.9 Å². The maximum absolute atomic E-state index is 12.8. The Kier molecular flexibility index (Phi) is 2.99. The number of hydrogen-bond donors (Lipinski definition) is 1. The van der Waals surface area contributed by atoms with Gasteiger partial charge in [0.25, 0.3) is 0 Å². The van der Waals surface area contributed by atoms with E-state index in [0.29, 0.717) is 32.6 Å². The molecule has 3 saturated heterocycles. The Balaban J connectivity index is 1.88. The van der Waals surface area contributed by atoms with Crippen molar-refractivity contribution < 1.29 is 19.0 Å². The van der Waals surface area contributed by atoms with Crippen LogP contribution in [0.3, 0.4) is 0 Å². The molecule has 0 aromatic heterocycles. The van der Waals surface area contributed by atoms with E-state index in [1.54, 1.807) is 0 Å². The third-order valence-electron chi connectivity index (χ3n) is 4.99. The van der Waals surface area contributed by atoms with Crippen LogP contribution in [-0.2, 0) is 19.0 Å². The first-order chi connectivity index (χ1) is 9.27. The second-order valence-electron chi connectivity index (χ2n) is 7.53. The zero-order chi connectivity index (χ0) is 14.6. The summed E-state index contributed by atoms with van der Waals surface area (Å²) in [7, 11) is 0. The van der Waals surface area contributed by atoms with Gasteiger partial charge in [-0.1, -0.05) is 0 Å². The van der Waals surface area contributed by atoms with Crippen LogP contribution in [0.25, 0.3) is 0 Å². The highest BCUT2D eigenvalue weighted by molar-refractivity contribution is 5.82. The Labute approximate surface area is 120 Å². The summed E-state index contributed by atoms with van der Waals surface area (Å²) in [6.07, 6.45) is 2.92. The molecule has 20 heavy (non-hydrogen) atoms. The molecule has 114 valence electrons. The van der Waals surface area contributed by atoms with Crippen molar-refractivity contribution in [2.45, 2.75) is 63.3 Å². The molecule has 0 aromatic rings. The highest BCUT2D eigenvalue weighted by Gasteiger charge is 2.78. The molecule has 4 rings (SSSR count). The van der Waals surface area contributed by atoms with Gasteiger partial charge in [0, 0.05) is 32.6 Å². The summed E-state index contributed by atoms with van der Waals surface area (Å²) in [5.41, 5.74) is 4.16. The first-order valence-corrected chi connectivity index (χ1v) is 7.48. The van der Waals surface area contributed by atoms with Gasteiger partial charge in [-0.05, 0) is 33.6 Å². The van der Waals surface area contributed by atoms with Gasteiger partial charge in [-0.3, -0.25) is 4.79 Å². The molecule has 1 aliphatic carbocycles. The van der Waals surface area contributed by atoms with Crippen molar-refractivity contribution in [3.05, 3.63) is 0 Å². The highest BCUT2D eigenvalue weighted by atomic mass is 16.6. The van der Waals surface area contributed by atoms with Gasteiger partial charge in [0.1, 0.15) is 11.0 Å². The molecule has 1 spiro atoms. The average molecular weight is 283 g/mol. The monoisotopic (exact) mass is 283 g/mol. The lowest BCUT2D eigenvalue weighted by molar-refractivity contribution is -0.181. The molecule has 1 saturated carbocycles. The predicted octanol–water partition coefficient (Wildman–Crippen LogP) is 1.39. The molecular formula is C15H25NO4. The smallest absolute Gasteiger partial charge is 0.315 e. The van der Waals surface area contributed by atoms with Gasteiger partial charge in [0.05, 0.1) is 11.2 Å². The van der Waals surface area contributed by atoms with E-state index < -0.39 is 16.6 Å². The van der Waals surface area contributed by atoms with Gasteiger partial charge in [0.15, 0.2) is 0 Å². The maximum atomic E-state index is 12.8. The highest BCUT2D eigenvalue weighted by Crippen LogP contribution is 2.69. The lowest BCUT2D eigenvalue weighted by Crippen LogP contribution is -2.58. The van der Waals surface area contributed by atoms with Crippen LogP contribution in [0.15, 0.2) is 0 Å². The van der Waals surface area contributed by atoms with Crippen molar-refractivity contribution in [1.29, 1.82) is 0 Å². The number of ether oxygens (including phenoxy) is 3. The molecule has 3 aliphatic heterocycles. The molecule has 0 radical (unpaired) electrons. The van der Waals surface area contributed by atoms with Crippen molar-refractivity contribution in [3.8, 4) is 0 Å². The Bertz CT molecular complexity index is 414. The molecule has 5 nitrogen and oxygen atoms in total. The van der Waals surface area contributed by atoms with Gasteiger partial charge in [-0.25, -0.2) is 0 Å². The molecule has 2 N–H and O–H groups in total. The second kappa shape index (κ2) is 4.18. The van der Waals surface area contributed by atoms with Gasteiger partial charge in [-0.2, -0.15) is 0 Å². The summed E-state index contributed by atoms with van der Waals surface area (Å²) in [5.74, 6) is -0.117. The van der Waals surface area contributed by atoms with Crippen LogP contribution in [0.4, 0.5) is 0 Å². The Morgan fingerprint density at radius 3 is 2.35 bits per heavy atom. The summed E-state index contributed by atoms with van der Waals surface area (Å²) in [6, 6.07) is 0. The number of hydrogen-bond acceptors (Lipinski definition) is 5. The quantitative estimate of drug-likeness (QED) is 0.775. The van der Waals surface area contributed by atoms with Gasteiger partial charge in [-0.15, -0.1) is 0 Å². The fourth-order valence-corrected chi connectivity index (χ4v) is 4.13. The van der Waals surface area contributed by atoms with Crippen molar-refractivity contribution in [3.63, 3.8) is 0 Å². The minimum Gasteiger partial charge on any atom is -0.459 e. The van der Waals surface area contributed by atoms with Crippen molar-refractivity contribution in [2.75, 3.05) is 19.8 Å². The predicted molar refractivity (Wildman–Crippen MR) is 73.2 cm³/mol. The number of nitrogens with two attached hydrogens (primary N) is 1. The molecule has 4 fully saturated rings. The molecule has 5 heteroatoms. The van der Waals surface area contributed by atoms with E-state index >= 15 is 0 Å². The summed E-state index contributed by atoms with van der Waals surface area (Å²) in [6.45, 7) is 7.48. The molecule has 0 amide bonds. The van der Waals surface area contributed by atoms with E-state index in [-0.39, 0.29) is 11.6 Å². The molecule has 0 aromatic carbocycles. The topological polar surface area (TPSA) is 70.8 Å². The SMILES string of the molecule is CC(C)(C)OC(=O)C12CC(CN)(C1)OC21CCOCC1. The standard InChI is InChI=1S/C15H25NO4/c1-12(2,3)19-11(17)14-8-13(9-14,10-16)20-15(14)4-6-18-7-5-15/h4-10,16H2,1-3H3. The van der Waals surface area contributed by atoms with Crippen LogP contribution in [0, 0.1) is 5.41 Å².